The fourth-order valence-electron chi connectivity index (χ4n) is 5.58. The summed E-state index contributed by atoms with van der Waals surface area (Å²) in [7, 11) is 0. The van der Waals surface area contributed by atoms with Gasteiger partial charge < -0.3 is 9.90 Å². The molecule has 0 heterocycles. The molecular weight excluding hydrogens is 564 g/mol. The minimum Gasteiger partial charge on any atom is -0.481 e. The minimum atomic E-state index is -0.899. The van der Waals surface area contributed by atoms with Crippen molar-refractivity contribution in [3.8, 4) is 0 Å². The maximum absolute atomic E-state index is 12.2. The molecule has 3 nitrogen and oxygen atoms in total. The third-order valence-corrected chi connectivity index (χ3v) is 8.59. The second-order valence-corrected chi connectivity index (χ2v) is 12.8. The number of carbonyl (C=O) groups excluding carboxylic acids is 1. The average Bonchev–Trinajstić information content (AvgIpc) is 3.02. The summed E-state index contributed by atoms with van der Waals surface area (Å²) in [5, 5.41) is 10.0. The molecule has 0 radical (unpaired) electrons. The zero-order chi connectivity index (χ0) is 35.3. The van der Waals surface area contributed by atoms with E-state index in [1.54, 1.807) is 6.08 Å². The van der Waals surface area contributed by atoms with Crippen LogP contribution in [0.5, 0.6) is 0 Å². The van der Waals surface area contributed by atoms with Gasteiger partial charge in [-0.05, 0) is 126 Å². The zero-order valence-corrected chi connectivity index (χ0v) is 31.1. The van der Waals surface area contributed by atoms with Gasteiger partial charge in [-0.2, -0.15) is 0 Å². The largest absolute Gasteiger partial charge is 0.481 e. The quantitative estimate of drug-likeness (QED) is 0.123. The van der Waals surface area contributed by atoms with Crippen LogP contribution in [0.3, 0.4) is 0 Å². The number of carboxylic acids is 1. The first kappa shape index (κ1) is 42.5. The van der Waals surface area contributed by atoms with Gasteiger partial charge in [0.2, 0.25) is 0 Å². The second-order valence-electron chi connectivity index (χ2n) is 12.8. The molecule has 3 aromatic rings. The van der Waals surface area contributed by atoms with Crippen LogP contribution >= 0.6 is 0 Å². The highest BCUT2D eigenvalue weighted by atomic mass is 16.4. The Bertz CT molecular complexity index is 1310. The van der Waals surface area contributed by atoms with Gasteiger partial charge in [0, 0.05) is 5.92 Å². The molecule has 0 aliphatic carbocycles. The van der Waals surface area contributed by atoms with Gasteiger partial charge in [0.05, 0.1) is 5.41 Å². The molecular formula is C43H64O3. The van der Waals surface area contributed by atoms with Crippen LogP contribution in [0.25, 0.3) is 0 Å². The normalized spacial score (nSPS) is 11.0. The van der Waals surface area contributed by atoms with Crippen LogP contribution in [-0.4, -0.2) is 17.4 Å². The van der Waals surface area contributed by atoms with Crippen LogP contribution in [-0.2, 0) is 28.9 Å². The number of aliphatic carboxylic acids is 1. The third kappa shape index (κ3) is 13.9. The molecule has 0 aromatic heterocycles. The van der Waals surface area contributed by atoms with Crippen molar-refractivity contribution >= 4 is 12.3 Å². The van der Waals surface area contributed by atoms with Gasteiger partial charge in [-0.3, -0.25) is 4.79 Å². The van der Waals surface area contributed by atoms with E-state index in [1.165, 1.54) is 78.0 Å². The Labute approximate surface area is 282 Å². The van der Waals surface area contributed by atoms with E-state index in [9.17, 15) is 9.90 Å². The molecule has 254 valence electrons. The lowest BCUT2D eigenvalue weighted by molar-refractivity contribution is -0.147. The van der Waals surface area contributed by atoms with Gasteiger partial charge in [0.1, 0.15) is 6.29 Å². The smallest absolute Gasteiger partial charge is 0.310 e. The summed E-state index contributed by atoms with van der Waals surface area (Å²) in [4.78, 5) is 21.0. The van der Waals surface area contributed by atoms with Gasteiger partial charge in [0.25, 0.3) is 0 Å². The first-order valence-corrected chi connectivity index (χ1v) is 17.2. The topological polar surface area (TPSA) is 54.4 Å². The number of allylic oxidation sites excluding steroid dienone is 1. The average molecular weight is 629 g/mol. The maximum Gasteiger partial charge on any atom is 0.310 e. The molecule has 0 fully saturated rings. The summed E-state index contributed by atoms with van der Waals surface area (Å²) in [6, 6.07) is 19.8. The number of hydrogen-bond acceptors (Lipinski definition) is 2. The zero-order valence-electron chi connectivity index (χ0n) is 31.1. The molecule has 0 spiro atoms. The summed E-state index contributed by atoms with van der Waals surface area (Å²) in [5.74, 6) is -0.948. The highest BCUT2D eigenvalue weighted by molar-refractivity contribution is 5.76. The van der Waals surface area contributed by atoms with Crippen molar-refractivity contribution in [2.24, 2.45) is 5.41 Å². The van der Waals surface area contributed by atoms with Crippen molar-refractivity contribution in [2.75, 3.05) is 0 Å². The van der Waals surface area contributed by atoms with Crippen molar-refractivity contribution in [3.05, 3.63) is 117 Å². The van der Waals surface area contributed by atoms with Crippen molar-refractivity contribution < 1.29 is 14.7 Å². The monoisotopic (exact) mass is 628 g/mol. The van der Waals surface area contributed by atoms with Crippen LogP contribution < -0.4 is 0 Å². The van der Waals surface area contributed by atoms with Crippen LogP contribution in [0, 0.1) is 33.1 Å². The molecule has 46 heavy (non-hydrogen) atoms. The standard InChI is InChI=1S/C25H34O2.C13H20.C3H6.C2H4O/c1-8-10-20-12-13-21(15-19(20)9-2)23(25(6,7)24(26)27)22-14-11-16(3)17(4)18(22)5;1-3-4-5-6-7-13-10-8-12(2)9-11-13;1-3-2;1-2-3/h11-15,23H,8-10H2,1-7H3,(H,26,27);8-11H,3-7H2,1-2H3;3H,1H2,2H3;2H,1H3. The summed E-state index contributed by atoms with van der Waals surface area (Å²) in [6.07, 6.45) is 12.3. The highest BCUT2D eigenvalue weighted by Crippen LogP contribution is 2.43. The van der Waals surface area contributed by atoms with Gasteiger partial charge in [0.15, 0.2) is 0 Å². The number of hydrogen-bond donors (Lipinski definition) is 1. The fraction of sp³-hybridized carbons (Fsp3) is 0.488. The SMILES string of the molecule is C=CC.CC=O.CCCCCCc1ccc(C)cc1.CCCc1ccc(C(c2ccc(C)c(C)c2C)C(C)(C)C(=O)O)cc1CC. The highest BCUT2D eigenvalue weighted by Gasteiger charge is 2.40. The van der Waals surface area contributed by atoms with Crippen molar-refractivity contribution in [2.45, 2.75) is 133 Å². The molecule has 0 saturated carbocycles. The number of benzene rings is 3. The molecule has 1 N–H and O–H groups in total. The van der Waals surface area contributed by atoms with Gasteiger partial charge >= 0.3 is 5.97 Å². The van der Waals surface area contributed by atoms with E-state index in [0.717, 1.165) is 36.7 Å². The van der Waals surface area contributed by atoms with E-state index < -0.39 is 11.4 Å². The molecule has 0 amide bonds. The number of aryl methyl sites for hydroxylation is 5. The summed E-state index contributed by atoms with van der Waals surface area (Å²) in [5.41, 5.74) is 10.6. The first-order chi connectivity index (χ1) is 21.8. The number of carboxylic acid groups (broad SMARTS) is 1. The molecule has 0 bridgehead atoms. The van der Waals surface area contributed by atoms with Gasteiger partial charge in [-0.1, -0.05) is 113 Å². The van der Waals surface area contributed by atoms with E-state index >= 15 is 0 Å². The summed E-state index contributed by atoms with van der Waals surface area (Å²) >= 11 is 0. The van der Waals surface area contributed by atoms with E-state index in [1.807, 2.05) is 20.8 Å². The predicted octanol–water partition coefficient (Wildman–Crippen LogP) is 11.9. The number of unbranched alkanes of at least 4 members (excludes halogenated alkanes) is 3. The predicted molar refractivity (Wildman–Crippen MR) is 200 cm³/mol. The number of aldehydes is 1. The van der Waals surface area contributed by atoms with Crippen LogP contribution in [0.4, 0.5) is 0 Å². The van der Waals surface area contributed by atoms with Crippen LogP contribution in [0.2, 0.25) is 0 Å². The third-order valence-electron chi connectivity index (χ3n) is 8.59. The van der Waals surface area contributed by atoms with Crippen LogP contribution in [0.1, 0.15) is 137 Å². The van der Waals surface area contributed by atoms with Gasteiger partial charge in [-0.25, -0.2) is 0 Å². The second kappa shape index (κ2) is 23.0. The number of rotatable bonds is 12. The Balaban J connectivity index is 0.000000882. The molecule has 0 aliphatic heterocycles. The summed E-state index contributed by atoms with van der Waals surface area (Å²) in [6.45, 7) is 25.5. The van der Waals surface area contributed by atoms with Crippen molar-refractivity contribution in [3.63, 3.8) is 0 Å². The van der Waals surface area contributed by atoms with E-state index in [2.05, 4.69) is 110 Å². The first-order valence-electron chi connectivity index (χ1n) is 17.2. The van der Waals surface area contributed by atoms with E-state index in [-0.39, 0.29) is 5.92 Å². The molecule has 0 saturated heterocycles. The molecule has 1 atom stereocenters. The number of carbonyl (C=O) groups is 2. The lowest BCUT2D eigenvalue weighted by Crippen LogP contribution is -2.32. The molecule has 3 rings (SSSR count). The summed E-state index contributed by atoms with van der Waals surface area (Å²) < 4.78 is 0. The molecule has 0 aliphatic rings. The van der Waals surface area contributed by atoms with Crippen molar-refractivity contribution in [1.29, 1.82) is 0 Å². The maximum atomic E-state index is 12.2. The molecule has 3 aromatic carbocycles. The lowest BCUT2D eigenvalue weighted by Gasteiger charge is -2.33. The lowest BCUT2D eigenvalue weighted by atomic mass is 9.69. The van der Waals surface area contributed by atoms with Gasteiger partial charge in [-0.15, -0.1) is 6.58 Å². The Morgan fingerprint density at radius 3 is 1.89 bits per heavy atom. The minimum absolute atomic E-state index is 0.185. The van der Waals surface area contributed by atoms with E-state index in [4.69, 9.17) is 4.79 Å². The Morgan fingerprint density at radius 2 is 1.39 bits per heavy atom. The van der Waals surface area contributed by atoms with E-state index in [0.29, 0.717) is 0 Å². The van der Waals surface area contributed by atoms with Crippen LogP contribution in [0.15, 0.2) is 67.3 Å². The Hall–Kier alpha value is -3.46. The molecule has 1 unspecified atom stereocenters. The Kier molecular flexibility index (Phi) is 21.2. The molecule has 3 heteroatoms. The fourth-order valence-corrected chi connectivity index (χ4v) is 5.58. The Morgan fingerprint density at radius 1 is 0.804 bits per heavy atom. The van der Waals surface area contributed by atoms with Crippen molar-refractivity contribution in [1.82, 2.24) is 0 Å².